The molecule has 1 unspecified atom stereocenters. The van der Waals surface area contributed by atoms with Crippen LogP contribution in [0.4, 0.5) is 4.79 Å². The molecule has 0 radical (unpaired) electrons. The van der Waals surface area contributed by atoms with Crippen molar-refractivity contribution in [2.75, 3.05) is 13.7 Å². The zero-order chi connectivity index (χ0) is 15.6. The van der Waals surface area contributed by atoms with Gasteiger partial charge in [-0.05, 0) is 48.1 Å². The second-order valence-electron chi connectivity index (χ2n) is 4.68. The highest BCUT2D eigenvalue weighted by Gasteiger charge is 2.35. The van der Waals surface area contributed by atoms with Gasteiger partial charge in [0.1, 0.15) is 0 Å². The molecule has 0 aliphatic carbocycles. The van der Waals surface area contributed by atoms with Crippen LogP contribution in [0.15, 0.2) is 35.5 Å². The fourth-order valence-corrected chi connectivity index (χ4v) is 2.95. The molecule has 0 aromatic heterocycles. The van der Waals surface area contributed by atoms with Gasteiger partial charge < -0.3 is 15.0 Å². The first-order valence-corrected chi connectivity index (χ1v) is 7.71. The first kappa shape index (κ1) is 15.8. The molecular weight excluding hydrogens is 383 g/mol. The summed E-state index contributed by atoms with van der Waals surface area (Å²) in [6, 6.07) is 6.94. The largest absolute Gasteiger partial charge is 0.463 e. The van der Waals surface area contributed by atoms with Crippen molar-refractivity contribution >= 4 is 34.6 Å². The second kappa shape index (κ2) is 6.46. The Hall–Kier alpha value is -1.57. The number of carbonyl (C=O) groups excluding carboxylic acids is 2. The lowest BCUT2D eigenvalue weighted by atomic mass is 9.95. The number of urea groups is 1. The quantitative estimate of drug-likeness (QED) is 0.627. The lowest BCUT2D eigenvalue weighted by Crippen LogP contribution is -2.46. The number of rotatable bonds is 3. The summed E-state index contributed by atoms with van der Waals surface area (Å²) in [4.78, 5) is 25.8. The smallest absolute Gasteiger partial charge is 0.338 e. The lowest BCUT2D eigenvalue weighted by molar-refractivity contribution is -0.139. The van der Waals surface area contributed by atoms with Gasteiger partial charge in [0.15, 0.2) is 0 Å². The number of benzene rings is 1. The maximum absolute atomic E-state index is 12.3. The maximum Gasteiger partial charge on any atom is 0.338 e. The summed E-state index contributed by atoms with van der Waals surface area (Å²) >= 11 is 2.20. The van der Waals surface area contributed by atoms with Crippen LogP contribution in [0.25, 0.3) is 0 Å². The third-order valence-corrected chi connectivity index (χ3v) is 4.45. The Bertz CT molecular complexity index is 613. The van der Waals surface area contributed by atoms with E-state index in [1.165, 1.54) is 4.90 Å². The van der Waals surface area contributed by atoms with E-state index in [0.29, 0.717) is 17.9 Å². The average molecular weight is 400 g/mol. The van der Waals surface area contributed by atoms with Crippen LogP contribution >= 0.6 is 22.6 Å². The van der Waals surface area contributed by atoms with Crippen LogP contribution in [-0.2, 0) is 9.53 Å². The highest BCUT2D eigenvalue weighted by molar-refractivity contribution is 14.1. The predicted molar refractivity (Wildman–Crippen MR) is 87.5 cm³/mol. The van der Waals surface area contributed by atoms with Gasteiger partial charge in [0, 0.05) is 16.3 Å². The van der Waals surface area contributed by atoms with E-state index in [2.05, 4.69) is 27.9 Å². The lowest BCUT2D eigenvalue weighted by Gasteiger charge is -2.33. The molecular formula is C15H17IN2O3. The number of carbonyl (C=O) groups is 2. The van der Waals surface area contributed by atoms with Gasteiger partial charge in [0.05, 0.1) is 18.2 Å². The maximum atomic E-state index is 12.3. The summed E-state index contributed by atoms with van der Waals surface area (Å²) in [5.41, 5.74) is 1.98. The van der Waals surface area contributed by atoms with Gasteiger partial charge in [-0.3, -0.25) is 0 Å². The molecule has 2 rings (SSSR count). The van der Waals surface area contributed by atoms with Gasteiger partial charge in [0.25, 0.3) is 0 Å². The van der Waals surface area contributed by atoms with Crippen molar-refractivity contribution in [3.63, 3.8) is 0 Å². The Kier molecular flexibility index (Phi) is 4.87. The standard InChI is InChI=1S/C15H17IN2O3/c1-4-21-14(19)12-9(2)18(3)15(20)17-13(12)10-7-5-6-8-11(10)16/h5-8,13H,4H2,1-3H3,(H,17,20). The summed E-state index contributed by atoms with van der Waals surface area (Å²) in [6.45, 7) is 3.82. The van der Waals surface area contributed by atoms with E-state index < -0.39 is 12.0 Å². The van der Waals surface area contributed by atoms with Crippen molar-refractivity contribution in [3.8, 4) is 0 Å². The SMILES string of the molecule is CCOC(=O)C1=C(C)N(C)C(=O)NC1c1ccccc1I. The summed E-state index contributed by atoms with van der Waals surface area (Å²) < 4.78 is 6.14. The third kappa shape index (κ3) is 3.04. The molecule has 1 aromatic rings. The molecule has 112 valence electrons. The Morgan fingerprint density at radius 2 is 2.10 bits per heavy atom. The average Bonchev–Trinajstić information content (AvgIpc) is 2.45. The number of nitrogens with one attached hydrogen (secondary N) is 1. The minimum atomic E-state index is -0.485. The number of hydrogen-bond acceptors (Lipinski definition) is 3. The molecule has 1 aromatic carbocycles. The van der Waals surface area contributed by atoms with E-state index in [9.17, 15) is 9.59 Å². The van der Waals surface area contributed by atoms with Crippen LogP contribution in [0.1, 0.15) is 25.5 Å². The molecule has 21 heavy (non-hydrogen) atoms. The van der Waals surface area contributed by atoms with E-state index >= 15 is 0 Å². The van der Waals surface area contributed by atoms with E-state index in [-0.39, 0.29) is 6.03 Å². The van der Waals surface area contributed by atoms with Gasteiger partial charge in [-0.1, -0.05) is 18.2 Å². The molecule has 1 N–H and O–H groups in total. The molecule has 1 aliphatic heterocycles. The van der Waals surface area contributed by atoms with Crippen molar-refractivity contribution < 1.29 is 14.3 Å². The number of nitrogens with zero attached hydrogens (tertiary/aromatic N) is 1. The van der Waals surface area contributed by atoms with Crippen molar-refractivity contribution in [3.05, 3.63) is 44.7 Å². The number of amides is 2. The van der Waals surface area contributed by atoms with Crippen LogP contribution in [0.2, 0.25) is 0 Å². The zero-order valence-electron chi connectivity index (χ0n) is 12.1. The first-order chi connectivity index (χ1) is 9.97. The number of halogens is 1. The number of esters is 1. The molecule has 2 amide bonds. The number of hydrogen-bond donors (Lipinski definition) is 1. The second-order valence-corrected chi connectivity index (χ2v) is 5.84. The molecule has 0 saturated heterocycles. The van der Waals surface area contributed by atoms with Gasteiger partial charge in [-0.25, -0.2) is 9.59 Å². The Balaban J connectivity index is 2.54. The molecule has 1 atom stereocenters. The highest BCUT2D eigenvalue weighted by Crippen LogP contribution is 2.32. The Morgan fingerprint density at radius 1 is 1.43 bits per heavy atom. The molecule has 0 fully saturated rings. The Labute approximate surface area is 137 Å². The van der Waals surface area contributed by atoms with Gasteiger partial charge in [-0.2, -0.15) is 0 Å². The summed E-state index contributed by atoms with van der Waals surface area (Å²) in [5, 5.41) is 2.87. The van der Waals surface area contributed by atoms with Gasteiger partial charge >= 0.3 is 12.0 Å². The molecule has 5 nitrogen and oxygen atoms in total. The topological polar surface area (TPSA) is 58.6 Å². The number of allylic oxidation sites excluding steroid dienone is 1. The van der Waals surface area contributed by atoms with Crippen LogP contribution < -0.4 is 5.32 Å². The minimum Gasteiger partial charge on any atom is -0.463 e. The molecule has 6 heteroatoms. The van der Waals surface area contributed by atoms with Crippen LogP contribution in [0, 0.1) is 3.57 Å². The van der Waals surface area contributed by atoms with Crippen LogP contribution in [0.5, 0.6) is 0 Å². The minimum absolute atomic E-state index is 0.231. The van der Waals surface area contributed by atoms with E-state index in [1.54, 1.807) is 20.9 Å². The third-order valence-electron chi connectivity index (χ3n) is 3.47. The fraction of sp³-hybridized carbons (Fsp3) is 0.333. The van der Waals surface area contributed by atoms with Gasteiger partial charge in [0.2, 0.25) is 0 Å². The predicted octanol–water partition coefficient (Wildman–Crippen LogP) is 2.82. The summed E-state index contributed by atoms with van der Waals surface area (Å²) in [6.07, 6.45) is 0. The van der Waals surface area contributed by atoms with Crippen LogP contribution in [-0.4, -0.2) is 30.6 Å². The van der Waals surface area contributed by atoms with Crippen molar-refractivity contribution in [2.45, 2.75) is 19.9 Å². The monoisotopic (exact) mass is 400 g/mol. The first-order valence-electron chi connectivity index (χ1n) is 6.63. The van der Waals surface area contributed by atoms with Crippen molar-refractivity contribution in [1.29, 1.82) is 0 Å². The van der Waals surface area contributed by atoms with Gasteiger partial charge in [-0.15, -0.1) is 0 Å². The molecule has 1 heterocycles. The fourth-order valence-electron chi connectivity index (χ4n) is 2.25. The van der Waals surface area contributed by atoms with E-state index in [4.69, 9.17) is 4.74 Å². The van der Waals surface area contributed by atoms with Crippen molar-refractivity contribution in [1.82, 2.24) is 10.2 Å². The van der Waals surface area contributed by atoms with Crippen LogP contribution in [0.3, 0.4) is 0 Å². The van der Waals surface area contributed by atoms with E-state index in [0.717, 1.165) is 9.13 Å². The Morgan fingerprint density at radius 3 is 2.71 bits per heavy atom. The zero-order valence-corrected chi connectivity index (χ0v) is 14.3. The van der Waals surface area contributed by atoms with E-state index in [1.807, 2.05) is 24.3 Å². The molecule has 1 aliphatic rings. The molecule has 0 spiro atoms. The highest BCUT2D eigenvalue weighted by atomic mass is 127. The molecule has 0 saturated carbocycles. The number of ether oxygens (including phenoxy) is 1. The normalized spacial score (nSPS) is 18.6. The molecule has 0 bridgehead atoms. The summed E-state index contributed by atoms with van der Waals surface area (Å²) in [5.74, 6) is -0.397. The van der Waals surface area contributed by atoms with Crippen molar-refractivity contribution in [2.24, 2.45) is 0 Å². The summed E-state index contributed by atoms with van der Waals surface area (Å²) in [7, 11) is 1.63.